The second-order valence-corrected chi connectivity index (χ2v) is 27.1. The second-order valence-electron chi connectivity index (χ2n) is 15.7. The van der Waals surface area contributed by atoms with Crippen LogP contribution < -0.4 is 37.0 Å². The van der Waals surface area contributed by atoms with Gasteiger partial charge in [0, 0.05) is 16.7 Å². The maximum absolute atomic E-state index is 5.47. The summed E-state index contributed by atoms with van der Waals surface area (Å²) >= 11 is 1.72. The molecule has 0 unspecified atom stereocenters. The lowest BCUT2D eigenvalue weighted by Crippen LogP contribution is -2.38. The smallest absolute Gasteiger partial charge is 0.298 e. The molecule has 0 saturated carbocycles. The molecule has 0 fully saturated rings. The lowest BCUT2D eigenvalue weighted by atomic mass is 10.0. The van der Waals surface area contributed by atoms with E-state index >= 15 is 0 Å². The van der Waals surface area contributed by atoms with Crippen LogP contribution in [0.15, 0.2) is 149 Å². The van der Waals surface area contributed by atoms with Crippen molar-refractivity contribution < 1.29 is 0 Å². The maximum Gasteiger partial charge on any atom is 0.298 e. The van der Waals surface area contributed by atoms with Crippen LogP contribution in [0.3, 0.4) is 0 Å². The molecular weight excluding hydrogens is 745 g/mol. The molecule has 10 rings (SSSR count). The van der Waals surface area contributed by atoms with E-state index in [0.29, 0.717) is 0 Å². The van der Waals surface area contributed by atoms with Crippen LogP contribution in [0, 0.1) is 0 Å². The monoisotopic (exact) mass is 782 g/mol. The second kappa shape index (κ2) is 12.2. The van der Waals surface area contributed by atoms with Gasteiger partial charge in [0.15, 0.2) is 0 Å². The van der Waals surface area contributed by atoms with Gasteiger partial charge in [0.1, 0.15) is 5.01 Å². The summed E-state index contributed by atoms with van der Waals surface area (Å²) in [5.74, 6) is 0. The summed E-state index contributed by atoms with van der Waals surface area (Å²) in [7, 11) is -6.89. The molecular formula is C43H38N8SSi3. The predicted molar refractivity (Wildman–Crippen MR) is 230 cm³/mol. The van der Waals surface area contributed by atoms with E-state index in [2.05, 4.69) is 159 Å². The zero-order valence-electron chi connectivity index (χ0n) is 31.5. The van der Waals surface area contributed by atoms with Crippen molar-refractivity contribution in [2.75, 3.05) is 4.90 Å². The lowest BCUT2D eigenvalue weighted by Gasteiger charge is -2.26. The topological polar surface area (TPSA) is 90.3 Å². The Morgan fingerprint density at radius 2 is 0.927 bits per heavy atom. The first-order chi connectivity index (χ1) is 26.4. The molecule has 0 spiro atoms. The first-order valence-electron chi connectivity index (χ1n) is 18.6. The highest BCUT2D eigenvalue weighted by Crippen LogP contribution is 2.34. The van der Waals surface area contributed by atoms with Crippen molar-refractivity contribution in [1.82, 2.24) is 4.98 Å². The number of hydrogen-bond donors (Lipinski definition) is 0. The van der Waals surface area contributed by atoms with E-state index in [0.717, 1.165) is 87.5 Å². The molecule has 0 saturated heterocycles. The number of thiazole rings is 1. The number of para-hydroxylation sites is 1. The zero-order valence-corrected chi connectivity index (χ0v) is 35.3. The van der Waals surface area contributed by atoms with E-state index in [4.69, 9.17) is 32.9 Å². The van der Waals surface area contributed by atoms with E-state index in [9.17, 15) is 0 Å². The van der Waals surface area contributed by atoms with Crippen molar-refractivity contribution in [1.29, 1.82) is 0 Å². The summed E-state index contributed by atoms with van der Waals surface area (Å²) in [6.45, 7) is 13.2. The number of anilines is 3. The highest BCUT2D eigenvalue weighted by atomic mass is 32.1. The van der Waals surface area contributed by atoms with E-state index in [-0.39, 0.29) is 0 Å². The minimum atomic E-state index is -2.37. The van der Waals surface area contributed by atoms with Gasteiger partial charge in [-0.25, -0.2) is 4.98 Å². The average molecular weight is 783 g/mol. The number of aromatic nitrogens is 1. The van der Waals surface area contributed by atoms with Gasteiger partial charge in [-0.15, -0.1) is 11.3 Å². The Morgan fingerprint density at radius 3 is 1.56 bits per heavy atom. The fourth-order valence-corrected chi connectivity index (χ4v) is 13.6. The summed E-state index contributed by atoms with van der Waals surface area (Å²) < 4.78 is 33.3. The van der Waals surface area contributed by atoms with Gasteiger partial charge in [-0.1, -0.05) is 84.9 Å². The summed E-state index contributed by atoms with van der Waals surface area (Å²) in [5.41, 5.74) is 9.41. The number of fused-ring (bicyclic) bond motifs is 4. The number of rotatable bonds is 6. The fourth-order valence-electron chi connectivity index (χ4n) is 7.85. The van der Waals surface area contributed by atoms with Gasteiger partial charge < -0.3 is 4.90 Å². The molecule has 268 valence electrons. The Morgan fingerprint density at radius 1 is 0.418 bits per heavy atom. The Kier molecular flexibility index (Phi) is 7.56. The largest absolute Gasteiger partial charge is 0.304 e. The van der Waals surface area contributed by atoms with Gasteiger partial charge in [0.2, 0.25) is 0 Å². The molecule has 0 bridgehead atoms. The molecule has 0 aliphatic carbocycles. The molecule has 3 aliphatic heterocycles. The van der Waals surface area contributed by atoms with Crippen molar-refractivity contribution in [2.45, 2.75) is 39.3 Å². The average Bonchev–Trinajstić information content (AvgIpc) is 3.91. The molecule has 6 aromatic carbocycles. The molecule has 55 heavy (non-hydrogen) atoms. The third-order valence-corrected chi connectivity index (χ3v) is 15.8. The molecule has 0 amide bonds. The standard InChI is InChI=1S/C43H38N8SSi3/c1-53(2)45-33-16-12-17-34(40(33)48-53)51(35-25-23-30(27-13-8-7-9-14-27)38-41(35)49-54(3,4)46-38)36-26-24-31(39-42(36)50-55(5,6)47-39)28-19-21-29(22-20-28)43-44-32-15-10-11-18-37(32)52-43/h7-26H,1-6H3. The van der Waals surface area contributed by atoms with Gasteiger partial charge in [-0.05, 0) is 86.8 Å². The van der Waals surface area contributed by atoms with Crippen molar-refractivity contribution in [2.24, 2.45) is 27.9 Å². The highest BCUT2D eigenvalue weighted by molar-refractivity contribution is 7.21. The lowest BCUT2D eigenvalue weighted by molar-refractivity contribution is 1.17. The van der Waals surface area contributed by atoms with Crippen molar-refractivity contribution in [3.05, 3.63) is 153 Å². The van der Waals surface area contributed by atoms with Crippen LogP contribution in [-0.2, 0) is 0 Å². The van der Waals surface area contributed by atoms with Gasteiger partial charge in [-0.3, -0.25) is 27.9 Å². The fraction of sp³-hybridized carbons (Fsp3) is 0.140. The highest BCUT2D eigenvalue weighted by Gasteiger charge is 2.33. The first kappa shape index (κ1) is 34.0. The normalized spacial score (nSPS) is 16.4. The Hall–Kier alpha value is -5.54. The van der Waals surface area contributed by atoms with Gasteiger partial charge >= 0.3 is 0 Å². The Balaban J connectivity index is 1.20. The molecule has 0 N–H and O–H groups in total. The first-order valence-corrected chi connectivity index (χ1v) is 28.1. The van der Waals surface area contributed by atoms with E-state index in [1.807, 2.05) is 6.07 Å². The zero-order chi connectivity index (χ0) is 37.7. The van der Waals surface area contributed by atoms with Crippen LogP contribution in [0.4, 0.5) is 17.1 Å². The summed E-state index contributed by atoms with van der Waals surface area (Å²) in [6.07, 6.45) is 0. The molecule has 7 aromatic rings. The van der Waals surface area contributed by atoms with E-state index < -0.39 is 25.2 Å². The van der Waals surface area contributed by atoms with Gasteiger partial charge in [0.05, 0.1) is 59.4 Å². The van der Waals surface area contributed by atoms with Crippen LogP contribution in [0.25, 0.3) is 43.0 Å². The minimum Gasteiger partial charge on any atom is -0.304 e. The molecule has 0 radical (unpaired) electrons. The summed E-state index contributed by atoms with van der Waals surface area (Å²) in [6, 6.07) is 42.7. The van der Waals surface area contributed by atoms with Gasteiger partial charge in [0.25, 0.3) is 25.2 Å². The number of nitrogens with zero attached hydrogens (tertiary/aromatic N) is 8. The number of hydrogen-bond acceptors (Lipinski definition) is 9. The third kappa shape index (κ3) is 5.87. The molecule has 1 aromatic heterocycles. The third-order valence-electron chi connectivity index (χ3n) is 10.1. The molecule has 0 atom stereocenters. The van der Waals surface area contributed by atoms with Crippen LogP contribution in [0.5, 0.6) is 0 Å². The Labute approximate surface area is 325 Å². The molecule has 12 heteroatoms. The van der Waals surface area contributed by atoms with Crippen molar-refractivity contribution >= 4 is 63.8 Å². The van der Waals surface area contributed by atoms with E-state index in [1.54, 1.807) is 11.3 Å². The maximum atomic E-state index is 5.47. The summed E-state index contributed by atoms with van der Waals surface area (Å²) in [5, 5.41) is 6.58. The van der Waals surface area contributed by atoms with Crippen LogP contribution in [0.1, 0.15) is 0 Å². The number of benzene rings is 6. The molecule has 3 aliphatic rings. The SMILES string of the molecule is C[Si]1(C)N=c2cccc(N(c3ccc(-c4ccccc4)c4c3=N[Si](C)(C)N=4)c3ccc(-c4ccc(-c5nc6ccccc6s5)cc4)c4c3=N[Si](C)(C)N=4)c2=N1. The summed E-state index contributed by atoms with van der Waals surface area (Å²) in [4.78, 5) is 7.23. The predicted octanol–water partition coefficient (Wildman–Crippen LogP) is 7.63. The van der Waals surface area contributed by atoms with E-state index in [1.165, 1.54) is 4.70 Å². The molecule has 8 nitrogen and oxygen atoms in total. The van der Waals surface area contributed by atoms with Crippen LogP contribution in [0.2, 0.25) is 39.3 Å². The molecule has 4 heterocycles. The van der Waals surface area contributed by atoms with Crippen molar-refractivity contribution in [3.8, 4) is 32.8 Å². The Bertz CT molecular complexity index is 3110. The minimum absolute atomic E-state index is 0.904. The van der Waals surface area contributed by atoms with Crippen molar-refractivity contribution in [3.63, 3.8) is 0 Å². The quantitative estimate of drug-likeness (QED) is 0.163. The van der Waals surface area contributed by atoms with Gasteiger partial charge in [-0.2, -0.15) is 0 Å². The van der Waals surface area contributed by atoms with Crippen LogP contribution >= 0.6 is 11.3 Å². The van der Waals surface area contributed by atoms with Crippen LogP contribution in [-0.4, -0.2) is 30.2 Å².